The minimum absolute atomic E-state index is 0.00903. The lowest BCUT2D eigenvalue weighted by Gasteiger charge is -2.31. The largest absolute Gasteiger partial charge is 0.339 e. The summed E-state index contributed by atoms with van der Waals surface area (Å²) in [5.74, 6) is 0.0194. The van der Waals surface area contributed by atoms with Gasteiger partial charge in [-0.1, -0.05) is 60.3 Å². The smallest absolute Gasteiger partial charge is 0.265 e. The number of benzene rings is 3. The number of aryl methyl sites for hydroxylation is 1. The molecule has 0 saturated carbocycles. The fourth-order valence-electron chi connectivity index (χ4n) is 3.94. The van der Waals surface area contributed by atoms with Gasteiger partial charge in [0.05, 0.1) is 17.1 Å². The number of rotatable bonds is 6. The summed E-state index contributed by atoms with van der Waals surface area (Å²) in [7, 11) is 0. The molecule has 4 rings (SSSR count). The summed E-state index contributed by atoms with van der Waals surface area (Å²) in [5.41, 5.74) is 4.80. The first kappa shape index (κ1) is 22.9. The molecular formula is C28H28N2O2S. The molecule has 5 heteroatoms. The topological polar surface area (TPSA) is 40.6 Å². The first-order chi connectivity index (χ1) is 16.0. The molecule has 0 N–H and O–H groups in total. The van der Waals surface area contributed by atoms with Crippen LogP contribution in [0.3, 0.4) is 0 Å². The molecule has 4 nitrogen and oxygen atoms in total. The van der Waals surface area contributed by atoms with Gasteiger partial charge in [-0.15, -0.1) is 0 Å². The number of anilines is 1. The highest BCUT2D eigenvalue weighted by Gasteiger charge is 2.29. The number of thioether (sulfide) groups is 1. The van der Waals surface area contributed by atoms with Crippen molar-refractivity contribution in [2.24, 2.45) is 0 Å². The minimum atomic E-state index is -0.00903. The van der Waals surface area contributed by atoms with Gasteiger partial charge in [-0.25, -0.2) is 0 Å². The van der Waals surface area contributed by atoms with Gasteiger partial charge < -0.3 is 9.80 Å². The zero-order valence-corrected chi connectivity index (χ0v) is 20.1. The van der Waals surface area contributed by atoms with E-state index in [9.17, 15) is 9.59 Å². The fourth-order valence-corrected chi connectivity index (χ4v) is 5.00. The van der Waals surface area contributed by atoms with E-state index in [0.717, 1.165) is 21.7 Å². The Labute approximate surface area is 199 Å². The standard InChI is InChI=1S/C28H28N2O2S/c1-4-29(5-2)27(31)22-16-14-21(15-17-22)18-26-28(32)30(19-23-11-7-6-10-20(23)3)24-12-8-9-13-25(24)33-26/h6-18H,4-5,19H2,1-3H3. The predicted octanol–water partition coefficient (Wildman–Crippen LogP) is 6.16. The molecule has 0 atom stereocenters. The van der Waals surface area contributed by atoms with Crippen LogP contribution in [-0.2, 0) is 11.3 Å². The molecule has 0 unspecified atom stereocenters. The normalized spacial score (nSPS) is 14.3. The number of fused-ring (bicyclic) bond motifs is 1. The van der Waals surface area contributed by atoms with Crippen LogP contribution >= 0.6 is 11.8 Å². The van der Waals surface area contributed by atoms with Gasteiger partial charge in [-0.05, 0) is 67.8 Å². The van der Waals surface area contributed by atoms with Gasteiger partial charge in [0.25, 0.3) is 11.8 Å². The first-order valence-electron chi connectivity index (χ1n) is 11.3. The number of amides is 2. The van der Waals surface area contributed by atoms with Gasteiger partial charge in [-0.2, -0.15) is 0 Å². The van der Waals surface area contributed by atoms with Crippen LogP contribution in [0.5, 0.6) is 0 Å². The predicted molar refractivity (Wildman–Crippen MR) is 136 cm³/mol. The molecule has 0 radical (unpaired) electrons. The van der Waals surface area contributed by atoms with Gasteiger partial charge in [0, 0.05) is 23.5 Å². The van der Waals surface area contributed by atoms with Gasteiger partial charge in [-0.3, -0.25) is 9.59 Å². The minimum Gasteiger partial charge on any atom is -0.339 e. The molecule has 1 heterocycles. The Hall–Kier alpha value is -3.31. The molecule has 0 aliphatic carbocycles. The third kappa shape index (κ3) is 4.88. The summed E-state index contributed by atoms with van der Waals surface area (Å²) in [6.07, 6.45) is 1.92. The van der Waals surface area contributed by atoms with Crippen molar-refractivity contribution in [2.45, 2.75) is 32.2 Å². The Morgan fingerprint density at radius 3 is 2.30 bits per heavy atom. The van der Waals surface area contributed by atoms with Crippen molar-refractivity contribution in [1.29, 1.82) is 0 Å². The van der Waals surface area contributed by atoms with E-state index in [1.165, 1.54) is 17.3 Å². The van der Waals surface area contributed by atoms with E-state index in [-0.39, 0.29) is 11.8 Å². The average Bonchev–Trinajstić information content (AvgIpc) is 2.84. The van der Waals surface area contributed by atoms with E-state index in [1.807, 2.05) is 79.4 Å². The lowest BCUT2D eigenvalue weighted by atomic mass is 10.1. The Kier molecular flexibility index (Phi) is 6.99. The van der Waals surface area contributed by atoms with Gasteiger partial charge in [0.1, 0.15) is 0 Å². The van der Waals surface area contributed by atoms with E-state index in [4.69, 9.17) is 0 Å². The van der Waals surface area contributed by atoms with E-state index in [0.29, 0.717) is 30.1 Å². The molecule has 1 aliphatic heterocycles. The fraction of sp³-hybridized carbons (Fsp3) is 0.214. The first-order valence-corrected chi connectivity index (χ1v) is 12.1. The second kappa shape index (κ2) is 10.1. The van der Waals surface area contributed by atoms with Crippen molar-refractivity contribution in [2.75, 3.05) is 18.0 Å². The maximum Gasteiger partial charge on any atom is 0.265 e. The summed E-state index contributed by atoms with van der Waals surface area (Å²) < 4.78 is 0. The average molecular weight is 457 g/mol. The van der Waals surface area contributed by atoms with Crippen LogP contribution in [0.4, 0.5) is 5.69 Å². The number of nitrogens with zero attached hydrogens (tertiary/aromatic N) is 2. The Morgan fingerprint density at radius 2 is 1.61 bits per heavy atom. The van der Waals surface area contributed by atoms with E-state index >= 15 is 0 Å². The summed E-state index contributed by atoms with van der Waals surface area (Å²) >= 11 is 1.50. The molecule has 168 valence electrons. The Balaban J connectivity index is 1.64. The van der Waals surface area contributed by atoms with E-state index < -0.39 is 0 Å². The summed E-state index contributed by atoms with van der Waals surface area (Å²) in [5, 5.41) is 0. The van der Waals surface area contributed by atoms with Crippen molar-refractivity contribution in [3.8, 4) is 0 Å². The molecule has 0 spiro atoms. The molecule has 0 bridgehead atoms. The van der Waals surface area contributed by atoms with Crippen LogP contribution in [0.25, 0.3) is 6.08 Å². The van der Waals surface area contributed by atoms with Crippen LogP contribution in [0.15, 0.2) is 82.6 Å². The van der Waals surface area contributed by atoms with E-state index in [2.05, 4.69) is 25.1 Å². The number of hydrogen-bond donors (Lipinski definition) is 0. The van der Waals surface area contributed by atoms with Crippen molar-refractivity contribution in [1.82, 2.24) is 4.90 Å². The second-order valence-corrected chi connectivity index (χ2v) is 9.08. The van der Waals surface area contributed by atoms with E-state index in [1.54, 1.807) is 4.90 Å². The number of para-hydroxylation sites is 1. The second-order valence-electron chi connectivity index (χ2n) is 8.00. The van der Waals surface area contributed by atoms with Crippen LogP contribution in [0, 0.1) is 6.92 Å². The molecule has 0 fully saturated rings. The third-order valence-electron chi connectivity index (χ3n) is 5.93. The molecular weight excluding hydrogens is 428 g/mol. The maximum absolute atomic E-state index is 13.5. The lowest BCUT2D eigenvalue weighted by Crippen LogP contribution is -2.33. The highest BCUT2D eigenvalue weighted by atomic mass is 32.2. The quantitative estimate of drug-likeness (QED) is 0.417. The Bertz CT molecular complexity index is 1200. The third-order valence-corrected chi connectivity index (χ3v) is 7.01. The molecule has 0 saturated heterocycles. The highest BCUT2D eigenvalue weighted by molar-refractivity contribution is 8.04. The maximum atomic E-state index is 13.5. The SMILES string of the molecule is CCN(CC)C(=O)c1ccc(C=C2Sc3ccccc3N(Cc3ccccc3C)C2=O)cc1. The lowest BCUT2D eigenvalue weighted by molar-refractivity contribution is -0.114. The molecule has 3 aromatic carbocycles. The Morgan fingerprint density at radius 1 is 0.939 bits per heavy atom. The van der Waals surface area contributed by atoms with Gasteiger partial charge in [0.2, 0.25) is 0 Å². The van der Waals surface area contributed by atoms with Gasteiger partial charge >= 0.3 is 0 Å². The van der Waals surface area contributed by atoms with Crippen LogP contribution in [0.2, 0.25) is 0 Å². The summed E-state index contributed by atoms with van der Waals surface area (Å²) in [4.78, 5) is 31.5. The molecule has 0 aromatic heterocycles. The molecule has 3 aromatic rings. The molecule has 33 heavy (non-hydrogen) atoms. The zero-order chi connectivity index (χ0) is 23.4. The monoisotopic (exact) mass is 456 g/mol. The van der Waals surface area contributed by atoms with Gasteiger partial charge in [0.15, 0.2) is 0 Å². The molecule has 2 amide bonds. The number of carbonyl (C=O) groups is 2. The zero-order valence-electron chi connectivity index (χ0n) is 19.2. The number of hydrogen-bond acceptors (Lipinski definition) is 3. The molecule has 1 aliphatic rings. The van der Waals surface area contributed by atoms with Crippen LogP contribution < -0.4 is 4.90 Å². The van der Waals surface area contributed by atoms with Crippen LogP contribution in [-0.4, -0.2) is 29.8 Å². The van der Waals surface area contributed by atoms with Crippen molar-refractivity contribution >= 4 is 35.3 Å². The van der Waals surface area contributed by atoms with Crippen molar-refractivity contribution in [3.63, 3.8) is 0 Å². The van der Waals surface area contributed by atoms with Crippen LogP contribution in [0.1, 0.15) is 40.9 Å². The van der Waals surface area contributed by atoms with Crippen molar-refractivity contribution < 1.29 is 9.59 Å². The number of carbonyl (C=O) groups excluding carboxylic acids is 2. The highest BCUT2D eigenvalue weighted by Crippen LogP contribution is 2.42. The summed E-state index contributed by atoms with van der Waals surface area (Å²) in [6.45, 7) is 7.92. The van der Waals surface area contributed by atoms with Crippen molar-refractivity contribution in [3.05, 3.63) is 100.0 Å². The summed E-state index contributed by atoms with van der Waals surface area (Å²) in [6, 6.07) is 23.7.